The molecule has 0 saturated heterocycles. The fourth-order valence-electron chi connectivity index (χ4n) is 1.82. The number of carbonyl (C=O) groups is 2. The molecule has 1 N–H and O–H groups in total. The standard InChI is InChI=1S/C16H23NO4/c1-11(2)12(3)16(20)17(4)9-13-5-7-14(8-6-13)21-10-15(18)19/h5-8,11-12H,9-10H2,1-4H3,(H,18,19). The van der Waals surface area contributed by atoms with Crippen molar-refractivity contribution in [1.29, 1.82) is 0 Å². The summed E-state index contributed by atoms with van der Waals surface area (Å²) in [7, 11) is 1.79. The van der Waals surface area contributed by atoms with Crippen molar-refractivity contribution in [2.45, 2.75) is 27.3 Å². The minimum Gasteiger partial charge on any atom is -0.482 e. The Morgan fingerprint density at radius 2 is 1.76 bits per heavy atom. The van der Waals surface area contributed by atoms with Gasteiger partial charge < -0.3 is 14.7 Å². The van der Waals surface area contributed by atoms with Gasteiger partial charge in [-0.15, -0.1) is 0 Å². The van der Waals surface area contributed by atoms with Gasteiger partial charge in [-0.1, -0.05) is 32.9 Å². The largest absolute Gasteiger partial charge is 0.482 e. The van der Waals surface area contributed by atoms with E-state index in [1.807, 2.05) is 32.9 Å². The summed E-state index contributed by atoms with van der Waals surface area (Å²) < 4.78 is 5.06. The fourth-order valence-corrected chi connectivity index (χ4v) is 1.82. The highest BCUT2D eigenvalue weighted by Crippen LogP contribution is 2.16. The Hall–Kier alpha value is -2.04. The SMILES string of the molecule is CC(C)C(C)C(=O)N(C)Cc1ccc(OCC(=O)O)cc1. The third-order valence-electron chi connectivity index (χ3n) is 3.47. The van der Waals surface area contributed by atoms with Crippen LogP contribution in [0.25, 0.3) is 0 Å². The van der Waals surface area contributed by atoms with Crippen molar-refractivity contribution < 1.29 is 19.4 Å². The molecule has 1 aromatic rings. The second-order valence-electron chi connectivity index (χ2n) is 5.55. The summed E-state index contributed by atoms with van der Waals surface area (Å²) in [6, 6.07) is 7.09. The fraction of sp³-hybridized carbons (Fsp3) is 0.500. The number of benzene rings is 1. The number of carboxylic acid groups (broad SMARTS) is 1. The van der Waals surface area contributed by atoms with Gasteiger partial charge in [0.15, 0.2) is 6.61 Å². The first kappa shape index (κ1) is 17.0. The molecule has 1 atom stereocenters. The van der Waals surface area contributed by atoms with Gasteiger partial charge in [-0.3, -0.25) is 4.79 Å². The van der Waals surface area contributed by atoms with E-state index in [0.29, 0.717) is 18.2 Å². The summed E-state index contributed by atoms with van der Waals surface area (Å²) in [5, 5.41) is 8.54. The molecule has 0 aliphatic rings. The van der Waals surface area contributed by atoms with Crippen LogP contribution >= 0.6 is 0 Å². The molecule has 0 heterocycles. The summed E-state index contributed by atoms with van der Waals surface area (Å²) in [5.74, 6) is -0.0751. The van der Waals surface area contributed by atoms with Crippen LogP contribution in [-0.4, -0.2) is 35.5 Å². The highest BCUT2D eigenvalue weighted by Gasteiger charge is 2.20. The maximum atomic E-state index is 12.2. The van der Waals surface area contributed by atoms with Crippen molar-refractivity contribution in [3.8, 4) is 5.75 Å². The summed E-state index contributed by atoms with van der Waals surface area (Å²) >= 11 is 0. The van der Waals surface area contributed by atoms with Crippen molar-refractivity contribution in [2.24, 2.45) is 11.8 Å². The molecule has 0 bridgehead atoms. The third kappa shape index (κ3) is 5.45. The number of nitrogens with zero attached hydrogens (tertiary/aromatic N) is 1. The number of rotatable bonds is 7. The number of carboxylic acids is 1. The summed E-state index contributed by atoms with van der Waals surface area (Å²) in [6.45, 7) is 6.17. The monoisotopic (exact) mass is 293 g/mol. The summed E-state index contributed by atoms with van der Waals surface area (Å²) in [4.78, 5) is 24.3. The summed E-state index contributed by atoms with van der Waals surface area (Å²) in [6.07, 6.45) is 0. The van der Waals surface area contributed by atoms with Crippen LogP contribution in [0.1, 0.15) is 26.3 Å². The predicted octanol–water partition coefficient (Wildman–Crippen LogP) is 2.40. The molecule has 0 aromatic heterocycles. The van der Waals surface area contributed by atoms with Gasteiger partial charge in [-0.2, -0.15) is 0 Å². The zero-order valence-corrected chi connectivity index (χ0v) is 13.0. The summed E-state index contributed by atoms with van der Waals surface area (Å²) in [5.41, 5.74) is 0.976. The first-order chi connectivity index (χ1) is 9.81. The molecule has 5 nitrogen and oxygen atoms in total. The van der Waals surface area contributed by atoms with E-state index in [9.17, 15) is 9.59 Å². The molecule has 0 spiro atoms. The van der Waals surface area contributed by atoms with Crippen molar-refractivity contribution in [1.82, 2.24) is 4.90 Å². The zero-order valence-electron chi connectivity index (χ0n) is 13.0. The second-order valence-corrected chi connectivity index (χ2v) is 5.55. The van der Waals surface area contributed by atoms with E-state index in [1.54, 1.807) is 24.1 Å². The lowest BCUT2D eigenvalue weighted by Gasteiger charge is -2.23. The van der Waals surface area contributed by atoms with E-state index in [2.05, 4.69) is 0 Å². The van der Waals surface area contributed by atoms with E-state index < -0.39 is 5.97 Å². The predicted molar refractivity (Wildman–Crippen MR) is 80.0 cm³/mol. The highest BCUT2D eigenvalue weighted by atomic mass is 16.5. The smallest absolute Gasteiger partial charge is 0.341 e. The average molecular weight is 293 g/mol. The molecular formula is C16H23NO4. The lowest BCUT2D eigenvalue weighted by Crippen LogP contribution is -2.33. The Labute approximate surface area is 125 Å². The van der Waals surface area contributed by atoms with E-state index in [1.165, 1.54) is 0 Å². The molecule has 1 amide bonds. The first-order valence-corrected chi connectivity index (χ1v) is 6.99. The van der Waals surface area contributed by atoms with Crippen LogP contribution in [0.3, 0.4) is 0 Å². The molecule has 0 aliphatic carbocycles. The van der Waals surface area contributed by atoms with Gasteiger partial charge in [-0.25, -0.2) is 4.79 Å². The molecule has 5 heteroatoms. The van der Waals surface area contributed by atoms with Gasteiger partial charge in [0, 0.05) is 19.5 Å². The van der Waals surface area contributed by atoms with Crippen molar-refractivity contribution in [2.75, 3.05) is 13.7 Å². The van der Waals surface area contributed by atoms with Crippen molar-refractivity contribution in [3.05, 3.63) is 29.8 Å². The Kier molecular flexibility index (Phi) is 6.21. The molecule has 21 heavy (non-hydrogen) atoms. The Morgan fingerprint density at radius 3 is 2.24 bits per heavy atom. The van der Waals surface area contributed by atoms with Gasteiger partial charge in [0.2, 0.25) is 5.91 Å². The second kappa shape index (κ2) is 7.67. The quantitative estimate of drug-likeness (QED) is 0.838. The van der Waals surface area contributed by atoms with Crippen LogP contribution in [0.4, 0.5) is 0 Å². The van der Waals surface area contributed by atoms with Crippen molar-refractivity contribution >= 4 is 11.9 Å². The van der Waals surface area contributed by atoms with Crippen LogP contribution in [0, 0.1) is 11.8 Å². The highest BCUT2D eigenvalue weighted by molar-refractivity contribution is 5.78. The minimum absolute atomic E-state index is 0.00632. The third-order valence-corrected chi connectivity index (χ3v) is 3.47. The van der Waals surface area contributed by atoms with Crippen LogP contribution in [0.2, 0.25) is 0 Å². The topological polar surface area (TPSA) is 66.8 Å². The zero-order chi connectivity index (χ0) is 16.0. The number of hydrogen-bond donors (Lipinski definition) is 1. The number of hydrogen-bond acceptors (Lipinski definition) is 3. The van der Waals surface area contributed by atoms with Gasteiger partial charge in [-0.05, 0) is 23.6 Å². The minimum atomic E-state index is -1.01. The molecule has 0 aliphatic heterocycles. The average Bonchev–Trinajstić information content (AvgIpc) is 2.44. The maximum Gasteiger partial charge on any atom is 0.341 e. The van der Waals surface area contributed by atoms with Gasteiger partial charge in [0.1, 0.15) is 5.75 Å². The van der Waals surface area contributed by atoms with Crippen LogP contribution in [0.15, 0.2) is 24.3 Å². The lowest BCUT2D eigenvalue weighted by molar-refractivity contribution is -0.139. The maximum absolute atomic E-state index is 12.2. The van der Waals surface area contributed by atoms with Crippen molar-refractivity contribution in [3.63, 3.8) is 0 Å². The van der Waals surface area contributed by atoms with E-state index >= 15 is 0 Å². The number of aliphatic carboxylic acids is 1. The van der Waals surface area contributed by atoms with Crippen LogP contribution in [-0.2, 0) is 16.1 Å². The Balaban J connectivity index is 2.59. The van der Waals surface area contributed by atoms with Gasteiger partial charge in [0.25, 0.3) is 0 Å². The number of carbonyl (C=O) groups excluding carboxylic acids is 1. The number of amides is 1. The van der Waals surface area contributed by atoms with Gasteiger partial charge in [0.05, 0.1) is 0 Å². The van der Waals surface area contributed by atoms with Crippen LogP contribution < -0.4 is 4.74 Å². The molecule has 1 aromatic carbocycles. The molecule has 1 unspecified atom stereocenters. The van der Waals surface area contributed by atoms with Crippen LogP contribution in [0.5, 0.6) is 5.75 Å². The lowest BCUT2D eigenvalue weighted by atomic mass is 9.96. The normalized spacial score (nSPS) is 12.0. The van der Waals surface area contributed by atoms with E-state index in [0.717, 1.165) is 5.56 Å². The van der Waals surface area contributed by atoms with Gasteiger partial charge >= 0.3 is 5.97 Å². The molecule has 1 rings (SSSR count). The molecule has 0 fully saturated rings. The first-order valence-electron chi connectivity index (χ1n) is 6.99. The Bertz CT molecular complexity index is 482. The molecule has 0 radical (unpaired) electrons. The number of ether oxygens (including phenoxy) is 1. The molecule has 0 saturated carbocycles. The molecule has 116 valence electrons. The van der Waals surface area contributed by atoms with E-state index in [-0.39, 0.29) is 18.4 Å². The Morgan fingerprint density at radius 1 is 1.19 bits per heavy atom. The van der Waals surface area contributed by atoms with E-state index in [4.69, 9.17) is 9.84 Å². The molecular weight excluding hydrogens is 270 g/mol.